The third-order valence-corrected chi connectivity index (χ3v) is 4.24. The number of aromatic nitrogens is 1. The molecule has 130 valence electrons. The first-order valence-corrected chi connectivity index (χ1v) is 8.26. The van der Waals surface area contributed by atoms with Gasteiger partial charge in [0.2, 0.25) is 5.91 Å². The first-order valence-electron chi connectivity index (χ1n) is 7.88. The van der Waals surface area contributed by atoms with Crippen LogP contribution in [-0.4, -0.2) is 27.8 Å². The first kappa shape index (κ1) is 17.4. The Labute approximate surface area is 149 Å². The predicted octanol–water partition coefficient (Wildman–Crippen LogP) is 3.14. The Morgan fingerprint density at radius 3 is 2.80 bits per heavy atom. The number of benzene rings is 1. The maximum Gasteiger partial charge on any atom is 0.270 e. The zero-order chi connectivity index (χ0) is 18.0. The highest BCUT2D eigenvalue weighted by molar-refractivity contribution is 6.30. The fraction of sp³-hybridized carbons (Fsp3) is 0.278. The summed E-state index contributed by atoms with van der Waals surface area (Å²) in [6, 6.07) is 8.53. The molecule has 2 aromatic rings. The first-order chi connectivity index (χ1) is 12.0. The van der Waals surface area contributed by atoms with Crippen LogP contribution in [0.3, 0.4) is 0 Å². The molecule has 1 aromatic carbocycles. The Bertz CT molecular complexity index is 828. The van der Waals surface area contributed by atoms with Gasteiger partial charge >= 0.3 is 0 Å². The Kier molecular flexibility index (Phi) is 4.99. The summed E-state index contributed by atoms with van der Waals surface area (Å²) in [5, 5.41) is 0.132. The van der Waals surface area contributed by atoms with Gasteiger partial charge in [-0.05, 0) is 23.6 Å². The molecule has 0 fully saturated rings. The highest BCUT2D eigenvalue weighted by Crippen LogP contribution is 2.23. The van der Waals surface area contributed by atoms with Gasteiger partial charge in [-0.1, -0.05) is 42.8 Å². The smallest absolute Gasteiger partial charge is 0.270 e. The number of amides is 2. The Balaban J connectivity index is 1.79. The van der Waals surface area contributed by atoms with Crippen molar-refractivity contribution in [3.63, 3.8) is 0 Å². The SMILES string of the molecule is CCC(Oc1ncc(Cl)cc1F)C(=O)N1Cc2ccccc2CC1=O. The minimum Gasteiger partial charge on any atom is -0.462 e. The lowest BCUT2D eigenvalue weighted by atomic mass is 9.99. The Morgan fingerprint density at radius 2 is 2.12 bits per heavy atom. The van der Waals surface area contributed by atoms with Crippen molar-refractivity contribution in [2.75, 3.05) is 0 Å². The molecule has 2 heterocycles. The molecule has 7 heteroatoms. The van der Waals surface area contributed by atoms with Crippen molar-refractivity contribution in [3.8, 4) is 5.88 Å². The Hall–Kier alpha value is -2.47. The molecule has 0 spiro atoms. The summed E-state index contributed by atoms with van der Waals surface area (Å²) >= 11 is 5.66. The maximum absolute atomic E-state index is 13.9. The normalized spacial score (nSPS) is 14.8. The minimum absolute atomic E-state index is 0.132. The van der Waals surface area contributed by atoms with E-state index in [1.165, 1.54) is 6.20 Å². The summed E-state index contributed by atoms with van der Waals surface area (Å²) in [4.78, 5) is 30.0. The molecule has 0 N–H and O–H groups in total. The molecule has 25 heavy (non-hydrogen) atoms. The second-order valence-electron chi connectivity index (χ2n) is 5.72. The summed E-state index contributed by atoms with van der Waals surface area (Å²) in [5.74, 6) is -1.86. The molecule has 3 rings (SSSR count). The topological polar surface area (TPSA) is 59.5 Å². The van der Waals surface area contributed by atoms with Crippen LogP contribution in [0.4, 0.5) is 4.39 Å². The molecule has 1 unspecified atom stereocenters. The van der Waals surface area contributed by atoms with E-state index in [9.17, 15) is 14.0 Å². The molecule has 2 amide bonds. The molecule has 1 aliphatic heterocycles. The number of carbonyl (C=O) groups is 2. The van der Waals surface area contributed by atoms with Gasteiger partial charge < -0.3 is 4.74 Å². The van der Waals surface area contributed by atoms with E-state index < -0.39 is 17.8 Å². The van der Waals surface area contributed by atoms with Gasteiger partial charge in [-0.25, -0.2) is 9.37 Å². The number of imide groups is 1. The lowest BCUT2D eigenvalue weighted by Gasteiger charge is -2.29. The molecule has 0 saturated carbocycles. The van der Waals surface area contributed by atoms with Gasteiger partial charge in [-0.2, -0.15) is 0 Å². The zero-order valence-electron chi connectivity index (χ0n) is 13.5. The number of ether oxygens (including phenoxy) is 1. The zero-order valence-corrected chi connectivity index (χ0v) is 14.3. The van der Waals surface area contributed by atoms with Gasteiger partial charge in [0.1, 0.15) is 0 Å². The van der Waals surface area contributed by atoms with E-state index in [1.54, 1.807) is 6.92 Å². The number of hydrogen-bond acceptors (Lipinski definition) is 4. The summed E-state index contributed by atoms with van der Waals surface area (Å²) < 4.78 is 19.3. The van der Waals surface area contributed by atoms with Crippen LogP contribution in [0.15, 0.2) is 36.5 Å². The van der Waals surface area contributed by atoms with E-state index in [4.69, 9.17) is 16.3 Å². The van der Waals surface area contributed by atoms with Crippen LogP contribution in [0.5, 0.6) is 5.88 Å². The van der Waals surface area contributed by atoms with Gasteiger partial charge in [0, 0.05) is 6.20 Å². The number of nitrogens with zero attached hydrogens (tertiary/aromatic N) is 2. The fourth-order valence-corrected chi connectivity index (χ4v) is 2.85. The van der Waals surface area contributed by atoms with Crippen molar-refractivity contribution in [1.82, 2.24) is 9.88 Å². The average Bonchev–Trinajstić information content (AvgIpc) is 2.60. The number of fused-ring (bicyclic) bond motifs is 1. The summed E-state index contributed by atoms with van der Waals surface area (Å²) in [7, 11) is 0. The molecular formula is C18H16ClFN2O3. The van der Waals surface area contributed by atoms with Crippen molar-refractivity contribution in [2.45, 2.75) is 32.4 Å². The lowest BCUT2D eigenvalue weighted by Crippen LogP contribution is -2.47. The van der Waals surface area contributed by atoms with Gasteiger partial charge in [-0.3, -0.25) is 14.5 Å². The van der Waals surface area contributed by atoms with E-state index in [2.05, 4.69) is 4.98 Å². The van der Waals surface area contributed by atoms with Crippen molar-refractivity contribution in [3.05, 3.63) is 58.5 Å². The molecule has 5 nitrogen and oxygen atoms in total. The fourth-order valence-electron chi connectivity index (χ4n) is 2.71. The van der Waals surface area contributed by atoms with Gasteiger partial charge in [0.15, 0.2) is 11.9 Å². The highest BCUT2D eigenvalue weighted by Gasteiger charge is 2.33. The van der Waals surface area contributed by atoms with Crippen molar-refractivity contribution >= 4 is 23.4 Å². The Morgan fingerprint density at radius 1 is 1.40 bits per heavy atom. The molecule has 1 aromatic heterocycles. The van der Waals surface area contributed by atoms with Crippen LogP contribution in [0.1, 0.15) is 24.5 Å². The number of halogens is 2. The van der Waals surface area contributed by atoms with Gasteiger partial charge in [0.05, 0.1) is 18.0 Å². The molecule has 0 bridgehead atoms. The van der Waals surface area contributed by atoms with Crippen molar-refractivity contribution in [2.24, 2.45) is 0 Å². The maximum atomic E-state index is 13.9. The number of carbonyl (C=O) groups excluding carboxylic acids is 2. The molecule has 0 saturated heterocycles. The summed E-state index contributed by atoms with van der Waals surface area (Å²) in [6.45, 7) is 1.91. The van der Waals surface area contributed by atoms with E-state index in [0.29, 0.717) is 0 Å². The quantitative estimate of drug-likeness (QED) is 0.838. The largest absolute Gasteiger partial charge is 0.462 e. The summed E-state index contributed by atoms with van der Waals surface area (Å²) in [5.41, 5.74) is 1.83. The number of hydrogen-bond donors (Lipinski definition) is 0. The van der Waals surface area contributed by atoms with E-state index in [1.807, 2.05) is 24.3 Å². The second-order valence-corrected chi connectivity index (χ2v) is 6.16. The van der Waals surface area contributed by atoms with Crippen molar-refractivity contribution in [1.29, 1.82) is 0 Å². The predicted molar refractivity (Wildman–Crippen MR) is 89.6 cm³/mol. The van der Waals surface area contributed by atoms with Gasteiger partial charge in [-0.15, -0.1) is 0 Å². The van der Waals surface area contributed by atoms with Crippen LogP contribution in [-0.2, 0) is 22.6 Å². The molecule has 1 atom stereocenters. The standard InChI is InChI=1S/C18H16ClFN2O3/c1-2-15(25-17-14(20)8-13(19)9-21-17)18(24)22-10-12-6-4-3-5-11(12)7-16(22)23/h3-6,8-9,15H,2,7,10H2,1H3. The van der Waals surface area contributed by atoms with E-state index >= 15 is 0 Å². The third kappa shape index (κ3) is 3.64. The van der Waals surface area contributed by atoms with Crippen LogP contribution < -0.4 is 4.74 Å². The average molecular weight is 363 g/mol. The third-order valence-electron chi connectivity index (χ3n) is 4.03. The second kappa shape index (κ2) is 7.19. The molecule has 0 aliphatic carbocycles. The van der Waals surface area contributed by atoms with E-state index in [-0.39, 0.29) is 36.2 Å². The van der Waals surface area contributed by atoms with Crippen LogP contribution in [0, 0.1) is 5.82 Å². The number of rotatable bonds is 4. The van der Waals surface area contributed by atoms with Crippen LogP contribution >= 0.6 is 11.6 Å². The molecule has 0 radical (unpaired) electrons. The summed E-state index contributed by atoms with van der Waals surface area (Å²) in [6.07, 6.45) is 0.664. The van der Waals surface area contributed by atoms with Crippen LogP contribution in [0.25, 0.3) is 0 Å². The van der Waals surface area contributed by atoms with Gasteiger partial charge in [0.25, 0.3) is 11.8 Å². The molecule has 1 aliphatic rings. The number of pyridine rings is 1. The van der Waals surface area contributed by atoms with E-state index in [0.717, 1.165) is 22.1 Å². The minimum atomic E-state index is -1.00. The molecular weight excluding hydrogens is 347 g/mol. The van der Waals surface area contributed by atoms with Crippen molar-refractivity contribution < 1.29 is 18.7 Å². The highest BCUT2D eigenvalue weighted by atomic mass is 35.5. The monoisotopic (exact) mass is 362 g/mol. The lowest BCUT2D eigenvalue weighted by molar-refractivity contribution is -0.151. The van der Waals surface area contributed by atoms with Crippen LogP contribution in [0.2, 0.25) is 5.02 Å².